The normalized spacial score (nSPS) is 14.4. The topological polar surface area (TPSA) is 140 Å². The molecule has 1 aromatic heterocycles. The number of aliphatic hydroxyl groups is 1. The maximum atomic E-state index is 11.8. The average molecular weight is 285 g/mol. The summed E-state index contributed by atoms with van der Waals surface area (Å²) in [6.45, 7) is 1.15. The predicted octanol–water partition coefficient (Wildman–Crippen LogP) is -0.934. The van der Waals surface area contributed by atoms with Gasteiger partial charge in [0.2, 0.25) is 10.0 Å². The lowest BCUT2D eigenvalue weighted by Gasteiger charge is -2.16. The predicted molar refractivity (Wildman–Crippen MR) is 62.4 cm³/mol. The van der Waals surface area contributed by atoms with Gasteiger partial charge in [0.15, 0.2) is 0 Å². The van der Waals surface area contributed by atoms with Crippen LogP contribution >= 0.6 is 0 Å². The fourth-order valence-electron chi connectivity index (χ4n) is 1.20. The van der Waals surface area contributed by atoms with E-state index in [1.165, 1.54) is 6.07 Å². The summed E-state index contributed by atoms with van der Waals surface area (Å²) in [7, 11) is -4.14. The molecular formula is C10H11N3O5S. The number of hydrogen-bond donors (Lipinski definition) is 3. The number of rotatable bonds is 5. The number of pyridine rings is 1. The molecule has 1 aromatic rings. The third-order valence-electron chi connectivity index (χ3n) is 2.19. The highest BCUT2D eigenvalue weighted by atomic mass is 32.2. The van der Waals surface area contributed by atoms with Gasteiger partial charge in [0.1, 0.15) is 22.7 Å². The first-order chi connectivity index (χ1) is 8.77. The van der Waals surface area contributed by atoms with Crippen molar-refractivity contribution < 1.29 is 23.4 Å². The molecule has 2 unspecified atom stereocenters. The second-order valence-electron chi connectivity index (χ2n) is 3.67. The highest BCUT2D eigenvalue weighted by Crippen LogP contribution is 2.09. The Morgan fingerprint density at radius 2 is 2.16 bits per heavy atom. The van der Waals surface area contributed by atoms with E-state index >= 15 is 0 Å². The fourth-order valence-corrected chi connectivity index (χ4v) is 2.40. The van der Waals surface area contributed by atoms with Gasteiger partial charge in [0, 0.05) is 6.20 Å². The van der Waals surface area contributed by atoms with Crippen molar-refractivity contribution in [2.45, 2.75) is 24.0 Å². The number of carboxylic acids is 1. The minimum atomic E-state index is -4.14. The summed E-state index contributed by atoms with van der Waals surface area (Å²) in [6, 6.07) is 2.36. The smallest absolute Gasteiger partial charge is 0.324 e. The standard InChI is InChI=1S/C10H11N3O5S/c1-6(14)9(10(15)16)13-19(17,18)8-3-2-7(4-11)12-5-8/h2-3,5-6,9,13-14H,1H3,(H,15,16). The molecule has 0 saturated carbocycles. The van der Waals surface area contributed by atoms with Gasteiger partial charge in [-0.3, -0.25) is 4.79 Å². The van der Waals surface area contributed by atoms with Crippen LogP contribution < -0.4 is 4.72 Å². The highest BCUT2D eigenvalue weighted by molar-refractivity contribution is 7.89. The molecule has 3 N–H and O–H groups in total. The van der Waals surface area contributed by atoms with Gasteiger partial charge in [-0.15, -0.1) is 0 Å². The Balaban J connectivity index is 3.03. The van der Waals surface area contributed by atoms with Crippen molar-refractivity contribution in [3.05, 3.63) is 24.0 Å². The average Bonchev–Trinajstić information content (AvgIpc) is 2.35. The zero-order valence-electron chi connectivity index (χ0n) is 9.81. The lowest BCUT2D eigenvalue weighted by molar-refractivity contribution is -0.141. The summed E-state index contributed by atoms with van der Waals surface area (Å²) in [6.07, 6.45) is -0.472. The molecule has 0 aliphatic heterocycles. The Labute approximate surface area is 109 Å². The van der Waals surface area contributed by atoms with E-state index < -0.39 is 28.1 Å². The second kappa shape index (κ2) is 5.75. The van der Waals surface area contributed by atoms with Crippen molar-refractivity contribution in [2.24, 2.45) is 0 Å². The molecule has 0 amide bonds. The third kappa shape index (κ3) is 3.72. The van der Waals surface area contributed by atoms with Crippen molar-refractivity contribution in [3.8, 4) is 6.07 Å². The number of hydrogen-bond acceptors (Lipinski definition) is 6. The Kier molecular flexibility index (Phi) is 4.55. The van der Waals surface area contributed by atoms with E-state index in [1.807, 2.05) is 4.72 Å². The van der Waals surface area contributed by atoms with Crippen LogP contribution in [-0.2, 0) is 14.8 Å². The first-order valence-electron chi connectivity index (χ1n) is 5.07. The van der Waals surface area contributed by atoms with Crippen molar-refractivity contribution in [1.29, 1.82) is 5.26 Å². The maximum Gasteiger partial charge on any atom is 0.324 e. The molecule has 1 rings (SSSR count). The van der Waals surface area contributed by atoms with Crippen LogP contribution in [0.15, 0.2) is 23.2 Å². The summed E-state index contributed by atoms with van der Waals surface area (Å²) >= 11 is 0. The molecule has 9 heteroatoms. The summed E-state index contributed by atoms with van der Waals surface area (Å²) in [5.74, 6) is -1.50. The molecule has 0 bridgehead atoms. The van der Waals surface area contributed by atoms with E-state index in [4.69, 9.17) is 10.4 Å². The van der Waals surface area contributed by atoms with Crippen LogP contribution in [0.2, 0.25) is 0 Å². The lowest BCUT2D eigenvalue weighted by atomic mass is 10.2. The summed E-state index contributed by atoms with van der Waals surface area (Å²) in [5.41, 5.74) is 0.0317. The van der Waals surface area contributed by atoms with Crippen LogP contribution in [0.5, 0.6) is 0 Å². The quantitative estimate of drug-likeness (QED) is 0.634. The Bertz CT molecular complexity index is 603. The highest BCUT2D eigenvalue weighted by Gasteiger charge is 2.29. The van der Waals surface area contributed by atoms with E-state index in [-0.39, 0.29) is 10.6 Å². The van der Waals surface area contributed by atoms with Crippen molar-refractivity contribution in [1.82, 2.24) is 9.71 Å². The lowest BCUT2D eigenvalue weighted by Crippen LogP contribution is -2.47. The van der Waals surface area contributed by atoms with Gasteiger partial charge in [-0.25, -0.2) is 13.4 Å². The van der Waals surface area contributed by atoms with Crippen LogP contribution in [0.4, 0.5) is 0 Å². The summed E-state index contributed by atoms with van der Waals surface area (Å²) in [5, 5.41) is 26.5. The first-order valence-corrected chi connectivity index (χ1v) is 6.55. The van der Waals surface area contributed by atoms with E-state index in [1.54, 1.807) is 6.07 Å². The number of nitrogens with zero attached hydrogens (tertiary/aromatic N) is 2. The van der Waals surface area contributed by atoms with Crippen molar-refractivity contribution in [2.75, 3.05) is 0 Å². The second-order valence-corrected chi connectivity index (χ2v) is 5.38. The van der Waals surface area contributed by atoms with Gasteiger partial charge in [0.05, 0.1) is 6.10 Å². The molecular weight excluding hydrogens is 274 g/mol. The van der Waals surface area contributed by atoms with Crippen molar-refractivity contribution in [3.63, 3.8) is 0 Å². The Morgan fingerprint density at radius 1 is 1.53 bits per heavy atom. The SMILES string of the molecule is CC(O)C(NS(=O)(=O)c1ccc(C#N)nc1)C(=O)O. The zero-order chi connectivity index (χ0) is 14.6. The molecule has 19 heavy (non-hydrogen) atoms. The van der Waals surface area contributed by atoms with Gasteiger partial charge in [-0.2, -0.15) is 9.98 Å². The van der Waals surface area contributed by atoms with E-state index in [9.17, 15) is 18.3 Å². The maximum absolute atomic E-state index is 11.8. The third-order valence-corrected chi connectivity index (χ3v) is 3.62. The van der Waals surface area contributed by atoms with Gasteiger partial charge in [-0.05, 0) is 19.1 Å². The molecule has 2 atom stereocenters. The number of carboxylic acid groups (broad SMARTS) is 1. The van der Waals surface area contributed by atoms with E-state index in [2.05, 4.69) is 4.98 Å². The Hall–Kier alpha value is -2.02. The number of nitrogens with one attached hydrogen (secondary N) is 1. The molecule has 0 aliphatic rings. The van der Waals surface area contributed by atoms with Gasteiger partial charge < -0.3 is 10.2 Å². The molecule has 102 valence electrons. The summed E-state index contributed by atoms with van der Waals surface area (Å²) < 4.78 is 25.5. The van der Waals surface area contributed by atoms with E-state index in [0.717, 1.165) is 19.2 Å². The number of aliphatic hydroxyl groups excluding tert-OH is 1. The first kappa shape index (κ1) is 15.0. The van der Waals surface area contributed by atoms with Crippen LogP contribution in [-0.4, -0.2) is 41.7 Å². The van der Waals surface area contributed by atoms with Crippen LogP contribution in [0, 0.1) is 11.3 Å². The molecule has 0 saturated heterocycles. The van der Waals surface area contributed by atoms with Gasteiger partial charge in [0.25, 0.3) is 0 Å². The zero-order valence-corrected chi connectivity index (χ0v) is 10.6. The largest absolute Gasteiger partial charge is 0.480 e. The summed E-state index contributed by atoms with van der Waals surface area (Å²) in [4.78, 5) is 14.1. The molecule has 8 nitrogen and oxygen atoms in total. The molecule has 0 spiro atoms. The molecule has 0 aliphatic carbocycles. The Morgan fingerprint density at radius 3 is 2.53 bits per heavy atom. The minimum Gasteiger partial charge on any atom is -0.480 e. The van der Waals surface area contributed by atoms with Crippen LogP contribution in [0.25, 0.3) is 0 Å². The number of carbonyl (C=O) groups is 1. The molecule has 0 radical (unpaired) electrons. The number of sulfonamides is 1. The van der Waals surface area contributed by atoms with Gasteiger partial charge >= 0.3 is 5.97 Å². The van der Waals surface area contributed by atoms with Gasteiger partial charge in [-0.1, -0.05) is 0 Å². The van der Waals surface area contributed by atoms with Crippen LogP contribution in [0.3, 0.4) is 0 Å². The fraction of sp³-hybridized carbons (Fsp3) is 0.300. The minimum absolute atomic E-state index is 0.0317. The molecule has 0 fully saturated rings. The number of nitriles is 1. The van der Waals surface area contributed by atoms with E-state index in [0.29, 0.717) is 0 Å². The van der Waals surface area contributed by atoms with Crippen LogP contribution in [0.1, 0.15) is 12.6 Å². The number of aromatic nitrogens is 1. The number of aliphatic carboxylic acids is 1. The molecule has 0 aromatic carbocycles. The molecule has 1 heterocycles. The monoisotopic (exact) mass is 285 g/mol. The van der Waals surface area contributed by atoms with Crippen molar-refractivity contribution >= 4 is 16.0 Å².